The van der Waals surface area contributed by atoms with E-state index in [0.29, 0.717) is 0 Å². The zero-order valence-corrected chi connectivity index (χ0v) is 11.7. The van der Waals surface area contributed by atoms with Crippen molar-refractivity contribution in [2.75, 3.05) is 6.54 Å². The summed E-state index contributed by atoms with van der Waals surface area (Å²) in [7, 11) is 0. The Hall–Kier alpha value is -2.46. The van der Waals surface area contributed by atoms with E-state index in [-0.39, 0.29) is 6.04 Å². The lowest BCUT2D eigenvalue weighted by molar-refractivity contribution is 0.587. The van der Waals surface area contributed by atoms with Crippen molar-refractivity contribution in [1.82, 2.24) is 20.3 Å². The summed E-state index contributed by atoms with van der Waals surface area (Å²) in [6, 6.07) is 16.5. The Morgan fingerprint density at radius 2 is 1.81 bits per heavy atom. The third-order valence-corrected chi connectivity index (χ3v) is 3.38. The molecule has 1 unspecified atom stereocenters. The molecule has 4 nitrogen and oxygen atoms in total. The van der Waals surface area contributed by atoms with E-state index in [1.54, 1.807) is 6.20 Å². The maximum Gasteiger partial charge on any atom is 0.107 e. The number of nitrogens with one attached hydrogen (secondary N) is 2. The van der Waals surface area contributed by atoms with E-state index in [0.717, 1.165) is 24.5 Å². The van der Waals surface area contributed by atoms with E-state index in [4.69, 9.17) is 0 Å². The van der Waals surface area contributed by atoms with Crippen LogP contribution in [0.5, 0.6) is 0 Å². The van der Waals surface area contributed by atoms with Gasteiger partial charge in [0.05, 0.1) is 11.7 Å². The molecule has 0 saturated heterocycles. The highest BCUT2D eigenvalue weighted by atomic mass is 15.0. The number of aromatic nitrogens is 3. The predicted molar refractivity (Wildman–Crippen MR) is 82.8 cm³/mol. The van der Waals surface area contributed by atoms with Crippen molar-refractivity contribution in [2.24, 2.45) is 0 Å². The number of rotatable bonds is 6. The molecule has 0 bridgehead atoms. The second-order valence-corrected chi connectivity index (χ2v) is 4.84. The molecule has 2 N–H and O–H groups in total. The summed E-state index contributed by atoms with van der Waals surface area (Å²) in [5.74, 6) is 0.996. The number of benzene rings is 1. The molecule has 3 rings (SSSR count). The molecule has 106 valence electrons. The van der Waals surface area contributed by atoms with Crippen LogP contribution in [0.4, 0.5) is 0 Å². The fourth-order valence-electron chi connectivity index (χ4n) is 2.35. The highest BCUT2D eigenvalue weighted by Gasteiger charge is 2.14. The summed E-state index contributed by atoms with van der Waals surface area (Å²) < 4.78 is 0. The summed E-state index contributed by atoms with van der Waals surface area (Å²) in [6.45, 7) is 0.837. The minimum absolute atomic E-state index is 0.0994. The van der Waals surface area contributed by atoms with Gasteiger partial charge in [-0.05, 0) is 17.7 Å². The van der Waals surface area contributed by atoms with Gasteiger partial charge < -0.3 is 10.3 Å². The first kappa shape index (κ1) is 13.5. The molecule has 0 aliphatic rings. The van der Waals surface area contributed by atoms with Gasteiger partial charge in [-0.25, -0.2) is 4.98 Å². The van der Waals surface area contributed by atoms with Crippen molar-refractivity contribution in [3.8, 4) is 0 Å². The van der Waals surface area contributed by atoms with Crippen molar-refractivity contribution >= 4 is 0 Å². The Kier molecular flexibility index (Phi) is 4.39. The van der Waals surface area contributed by atoms with Crippen LogP contribution in [0.1, 0.15) is 23.1 Å². The quantitative estimate of drug-likeness (QED) is 0.729. The van der Waals surface area contributed by atoms with Crippen molar-refractivity contribution in [3.05, 3.63) is 84.2 Å². The molecule has 0 aliphatic heterocycles. The average Bonchev–Trinajstić information content (AvgIpc) is 3.07. The molecule has 4 heteroatoms. The van der Waals surface area contributed by atoms with Gasteiger partial charge in [0.2, 0.25) is 0 Å². The highest BCUT2D eigenvalue weighted by Crippen LogP contribution is 2.19. The SMILES string of the molecule is c1ccc(C(NCCc2ncc[nH]2)c2ccccn2)cc1. The topological polar surface area (TPSA) is 53.6 Å². The number of pyridine rings is 1. The van der Waals surface area contributed by atoms with Crippen LogP contribution < -0.4 is 5.32 Å². The van der Waals surface area contributed by atoms with Crippen LogP contribution >= 0.6 is 0 Å². The number of imidazole rings is 1. The number of H-pyrrole nitrogens is 1. The fourth-order valence-corrected chi connectivity index (χ4v) is 2.35. The maximum atomic E-state index is 4.49. The van der Waals surface area contributed by atoms with Crippen molar-refractivity contribution in [2.45, 2.75) is 12.5 Å². The van der Waals surface area contributed by atoms with Crippen molar-refractivity contribution in [3.63, 3.8) is 0 Å². The van der Waals surface area contributed by atoms with Crippen molar-refractivity contribution in [1.29, 1.82) is 0 Å². The summed E-state index contributed by atoms with van der Waals surface area (Å²) in [5.41, 5.74) is 2.25. The minimum atomic E-state index is 0.0994. The first-order valence-corrected chi connectivity index (χ1v) is 7.11. The zero-order chi connectivity index (χ0) is 14.3. The summed E-state index contributed by atoms with van der Waals surface area (Å²) in [4.78, 5) is 11.9. The van der Waals surface area contributed by atoms with E-state index < -0.39 is 0 Å². The number of hydrogen-bond acceptors (Lipinski definition) is 3. The number of nitrogens with zero attached hydrogens (tertiary/aromatic N) is 2. The van der Waals surface area contributed by atoms with Crippen LogP contribution in [0, 0.1) is 0 Å². The third-order valence-electron chi connectivity index (χ3n) is 3.38. The third kappa shape index (κ3) is 3.55. The van der Waals surface area contributed by atoms with Crippen LogP contribution in [0.15, 0.2) is 67.1 Å². The Morgan fingerprint density at radius 1 is 0.952 bits per heavy atom. The Morgan fingerprint density at radius 3 is 2.52 bits per heavy atom. The van der Waals surface area contributed by atoms with Gasteiger partial charge in [-0.3, -0.25) is 4.98 Å². The van der Waals surface area contributed by atoms with E-state index in [9.17, 15) is 0 Å². The van der Waals surface area contributed by atoms with Gasteiger partial charge in [-0.15, -0.1) is 0 Å². The first-order valence-electron chi connectivity index (χ1n) is 7.11. The Balaban J connectivity index is 1.73. The molecule has 2 aromatic heterocycles. The fraction of sp³-hybridized carbons (Fsp3) is 0.176. The molecule has 0 aliphatic carbocycles. The largest absolute Gasteiger partial charge is 0.349 e. The molecule has 21 heavy (non-hydrogen) atoms. The molecule has 3 aromatic rings. The standard InChI is InChI=1S/C17H18N4/c1-2-6-14(7-3-1)17(15-8-4-5-10-18-15)21-11-9-16-19-12-13-20-16/h1-8,10,12-13,17,21H,9,11H2,(H,19,20). The first-order chi connectivity index (χ1) is 10.4. The molecular weight excluding hydrogens is 260 g/mol. The van der Waals surface area contributed by atoms with Crippen LogP contribution in [-0.2, 0) is 6.42 Å². The summed E-state index contributed by atoms with van der Waals surface area (Å²) >= 11 is 0. The van der Waals surface area contributed by atoms with E-state index in [1.165, 1.54) is 5.56 Å². The molecule has 0 spiro atoms. The molecule has 0 amide bonds. The van der Waals surface area contributed by atoms with Gasteiger partial charge in [0.15, 0.2) is 0 Å². The normalized spacial score (nSPS) is 12.2. The lowest BCUT2D eigenvalue weighted by Gasteiger charge is -2.18. The smallest absolute Gasteiger partial charge is 0.107 e. The van der Waals surface area contributed by atoms with Crippen LogP contribution in [0.3, 0.4) is 0 Å². The van der Waals surface area contributed by atoms with Gasteiger partial charge >= 0.3 is 0 Å². The maximum absolute atomic E-state index is 4.49. The van der Waals surface area contributed by atoms with Gasteiger partial charge in [0.25, 0.3) is 0 Å². The summed E-state index contributed by atoms with van der Waals surface area (Å²) in [5, 5.41) is 3.57. The van der Waals surface area contributed by atoms with E-state index in [1.807, 2.05) is 30.6 Å². The second kappa shape index (κ2) is 6.81. The van der Waals surface area contributed by atoms with Crippen LogP contribution in [0.25, 0.3) is 0 Å². The average molecular weight is 278 g/mol. The monoisotopic (exact) mass is 278 g/mol. The van der Waals surface area contributed by atoms with E-state index in [2.05, 4.69) is 50.6 Å². The van der Waals surface area contributed by atoms with Crippen molar-refractivity contribution < 1.29 is 0 Å². The van der Waals surface area contributed by atoms with Crippen LogP contribution in [-0.4, -0.2) is 21.5 Å². The van der Waals surface area contributed by atoms with E-state index >= 15 is 0 Å². The highest BCUT2D eigenvalue weighted by molar-refractivity contribution is 5.27. The van der Waals surface area contributed by atoms with Gasteiger partial charge in [-0.2, -0.15) is 0 Å². The molecule has 0 saturated carbocycles. The van der Waals surface area contributed by atoms with Gasteiger partial charge in [0, 0.05) is 31.6 Å². The minimum Gasteiger partial charge on any atom is -0.349 e. The molecule has 0 radical (unpaired) electrons. The van der Waals surface area contributed by atoms with Crippen LogP contribution in [0.2, 0.25) is 0 Å². The molecule has 1 atom stereocenters. The molecular formula is C17H18N4. The van der Waals surface area contributed by atoms with Gasteiger partial charge in [-0.1, -0.05) is 36.4 Å². The lowest BCUT2D eigenvalue weighted by Crippen LogP contribution is -2.25. The molecule has 2 heterocycles. The predicted octanol–water partition coefficient (Wildman–Crippen LogP) is 2.73. The number of aromatic amines is 1. The van der Waals surface area contributed by atoms with Gasteiger partial charge in [0.1, 0.15) is 5.82 Å². The Bertz CT molecular complexity index is 596. The Labute approximate surface area is 124 Å². The number of hydrogen-bond donors (Lipinski definition) is 2. The second-order valence-electron chi connectivity index (χ2n) is 4.84. The molecule has 1 aromatic carbocycles. The lowest BCUT2D eigenvalue weighted by atomic mass is 10.0. The molecule has 0 fully saturated rings. The summed E-state index contributed by atoms with van der Waals surface area (Å²) in [6.07, 6.45) is 6.33. The zero-order valence-electron chi connectivity index (χ0n) is 11.7.